The molecule has 0 atom stereocenters. The molecule has 0 aliphatic heterocycles. The zero-order valence-electron chi connectivity index (χ0n) is 23.0. The van der Waals surface area contributed by atoms with Gasteiger partial charge < -0.3 is 4.98 Å². The Balaban J connectivity index is 1.41. The van der Waals surface area contributed by atoms with E-state index in [9.17, 15) is 0 Å². The molecular weight excluding hydrogens is 527 g/mol. The van der Waals surface area contributed by atoms with E-state index in [-0.39, 0.29) is 0 Å². The van der Waals surface area contributed by atoms with Crippen LogP contribution in [-0.4, -0.2) is 9.97 Å². The van der Waals surface area contributed by atoms with Gasteiger partial charge in [-0.3, -0.25) is 0 Å². The van der Waals surface area contributed by atoms with E-state index in [1.54, 1.807) is 0 Å². The first-order valence-corrected chi connectivity index (χ1v) is 16.1. The molecule has 8 rings (SSSR count). The summed E-state index contributed by atoms with van der Waals surface area (Å²) in [6.45, 7) is 0. The number of aromatic nitrogens is 2. The minimum absolute atomic E-state index is 0.889. The average Bonchev–Trinajstić information content (AvgIpc) is 3.54. The van der Waals surface area contributed by atoms with E-state index in [0.29, 0.717) is 0 Å². The van der Waals surface area contributed by atoms with Crippen LogP contribution in [0.3, 0.4) is 0 Å². The maximum Gasteiger partial charge on any atom is 0.144 e. The fourth-order valence-corrected chi connectivity index (χ4v) is 10.8. The molecule has 0 fully saturated rings. The number of hydrogen-bond donors (Lipinski definition) is 1. The van der Waals surface area contributed by atoms with E-state index in [4.69, 9.17) is 4.98 Å². The van der Waals surface area contributed by atoms with E-state index >= 15 is 0 Å². The number of aromatic amines is 1. The molecule has 0 saturated carbocycles. The summed E-state index contributed by atoms with van der Waals surface area (Å²) in [5.41, 5.74) is 3.18. The van der Waals surface area contributed by atoms with Crippen molar-refractivity contribution in [1.82, 2.24) is 9.97 Å². The highest BCUT2D eigenvalue weighted by Gasteiger charge is 2.47. The van der Waals surface area contributed by atoms with Gasteiger partial charge >= 0.3 is 0 Å². The summed E-state index contributed by atoms with van der Waals surface area (Å²) in [6.07, 6.45) is 0. The predicted octanol–water partition coefficient (Wildman–Crippen LogP) is 8.16. The Morgan fingerprint density at radius 2 is 0.857 bits per heavy atom. The first-order valence-electron chi connectivity index (χ1n) is 14.3. The highest BCUT2D eigenvalue weighted by Crippen LogP contribution is 2.54. The summed E-state index contributed by atoms with van der Waals surface area (Å²) in [4.78, 5) is 9.01. The van der Waals surface area contributed by atoms with Crippen molar-refractivity contribution in [2.24, 2.45) is 0 Å². The molecule has 1 heterocycles. The lowest BCUT2D eigenvalue weighted by molar-refractivity contribution is 1.34. The third kappa shape index (κ3) is 3.80. The molecule has 1 N–H and O–H groups in total. The van der Waals surface area contributed by atoms with Gasteiger partial charge in [0, 0.05) is 16.3 Å². The second-order valence-corrected chi connectivity index (χ2v) is 14.0. The smallest absolute Gasteiger partial charge is 0.144 e. The highest BCUT2D eigenvalue weighted by atomic mass is 31.2. The summed E-state index contributed by atoms with van der Waals surface area (Å²) >= 11 is 0. The van der Waals surface area contributed by atoms with Crippen molar-refractivity contribution >= 4 is 61.1 Å². The molecule has 42 heavy (non-hydrogen) atoms. The number of nitrogens with zero attached hydrogens (tertiary/aromatic N) is 1. The van der Waals surface area contributed by atoms with Gasteiger partial charge in [-0.15, -0.1) is 0 Å². The molecule has 0 unspecified atom stereocenters. The maximum absolute atomic E-state index is 5.26. The van der Waals surface area contributed by atoms with Crippen molar-refractivity contribution in [2.75, 3.05) is 0 Å². The summed E-state index contributed by atoms with van der Waals surface area (Å²) in [5.74, 6) is 0.889. The standard InChI is InChI=1S/C39H28N2P/c1-4-16-29(17-5-1)42(30-18-6-2-7-19-30,31-20-8-3-9-21-31)32-22-14-15-28(27-32)39-40-37-35-25-12-10-23-33(35)34-24-11-13-26-36(34)38(37)41-39/h1-27H,(H,40,41)/q+1. The quantitative estimate of drug-likeness (QED) is 0.168. The summed E-state index contributed by atoms with van der Waals surface area (Å²) < 4.78 is 0. The molecule has 0 saturated heterocycles. The molecule has 2 nitrogen and oxygen atoms in total. The van der Waals surface area contributed by atoms with Crippen LogP contribution in [0.5, 0.6) is 0 Å². The Morgan fingerprint density at radius 1 is 0.405 bits per heavy atom. The van der Waals surface area contributed by atoms with Gasteiger partial charge in [-0.2, -0.15) is 0 Å². The topological polar surface area (TPSA) is 28.7 Å². The minimum Gasteiger partial charge on any atom is -0.337 e. The molecule has 0 bridgehead atoms. The van der Waals surface area contributed by atoms with E-state index < -0.39 is 7.26 Å². The SMILES string of the molecule is c1ccc([P+](c2ccccc2)(c2ccccc2)c2cccc(-c3nc4c5ccccc5c5ccccc5c4[nH]3)c2)cc1. The van der Waals surface area contributed by atoms with Gasteiger partial charge in [-0.25, -0.2) is 4.98 Å². The summed E-state index contributed by atoms with van der Waals surface area (Å²) in [7, 11) is -2.21. The summed E-state index contributed by atoms with van der Waals surface area (Å²) in [5, 5.41) is 10.1. The predicted molar refractivity (Wildman–Crippen MR) is 181 cm³/mol. The van der Waals surface area contributed by atoms with Gasteiger partial charge in [0.2, 0.25) is 0 Å². The van der Waals surface area contributed by atoms with Crippen molar-refractivity contribution in [2.45, 2.75) is 0 Å². The Morgan fingerprint density at radius 3 is 1.43 bits per heavy atom. The normalized spacial score (nSPS) is 11.8. The van der Waals surface area contributed by atoms with Crippen molar-refractivity contribution < 1.29 is 0 Å². The van der Waals surface area contributed by atoms with Crippen LogP contribution in [0.25, 0.3) is 44.0 Å². The van der Waals surface area contributed by atoms with Gasteiger partial charge in [-0.05, 0) is 59.3 Å². The van der Waals surface area contributed by atoms with Crippen LogP contribution in [0.15, 0.2) is 164 Å². The lowest BCUT2D eigenvalue weighted by Gasteiger charge is -2.27. The molecule has 8 aromatic rings. The van der Waals surface area contributed by atoms with Gasteiger partial charge in [0.1, 0.15) is 34.3 Å². The van der Waals surface area contributed by atoms with Crippen LogP contribution in [0, 0.1) is 0 Å². The summed E-state index contributed by atoms with van der Waals surface area (Å²) in [6, 6.07) is 59.3. The van der Waals surface area contributed by atoms with Gasteiger partial charge in [0.15, 0.2) is 0 Å². The first-order chi connectivity index (χ1) is 20.8. The number of hydrogen-bond acceptors (Lipinski definition) is 1. The van der Waals surface area contributed by atoms with Gasteiger partial charge in [-0.1, -0.05) is 115 Å². The molecule has 0 amide bonds. The van der Waals surface area contributed by atoms with E-state index in [1.807, 2.05) is 0 Å². The monoisotopic (exact) mass is 555 g/mol. The number of fused-ring (bicyclic) bond motifs is 6. The zero-order chi connectivity index (χ0) is 27.9. The van der Waals surface area contributed by atoms with Gasteiger partial charge in [0.25, 0.3) is 0 Å². The lowest BCUT2D eigenvalue weighted by atomic mass is 10.0. The Labute approximate surface area is 245 Å². The molecule has 1 aromatic heterocycles. The second-order valence-electron chi connectivity index (χ2n) is 10.6. The van der Waals surface area contributed by atoms with Crippen LogP contribution in [-0.2, 0) is 0 Å². The van der Waals surface area contributed by atoms with Crippen molar-refractivity contribution in [3.63, 3.8) is 0 Å². The van der Waals surface area contributed by atoms with E-state index in [1.165, 1.54) is 42.8 Å². The number of benzene rings is 7. The maximum atomic E-state index is 5.26. The third-order valence-electron chi connectivity index (χ3n) is 8.31. The highest BCUT2D eigenvalue weighted by molar-refractivity contribution is 8.01. The zero-order valence-corrected chi connectivity index (χ0v) is 23.9. The van der Waals surface area contributed by atoms with Crippen molar-refractivity contribution in [1.29, 1.82) is 0 Å². The number of rotatable bonds is 5. The Kier molecular flexibility index (Phi) is 5.95. The molecule has 0 radical (unpaired) electrons. The largest absolute Gasteiger partial charge is 0.337 e. The van der Waals surface area contributed by atoms with Crippen LogP contribution < -0.4 is 21.2 Å². The Hall–Kier alpha value is -5.04. The molecule has 3 heteroatoms. The van der Waals surface area contributed by atoms with E-state index in [0.717, 1.165) is 22.4 Å². The van der Waals surface area contributed by atoms with Gasteiger partial charge in [0.05, 0.1) is 11.0 Å². The van der Waals surface area contributed by atoms with Crippen LogP contribution in [0.4, 0.5) is 0 Å². The molecule has 7 aromatic carbocycles. The molecule has 0 aliphatic rings. The molecular formula is C39H28N2P+. The number of nitrogens with one attached hydrogen (secondary N) is 1. The number of imidazole rings is 1. The van der Waals surface area contributed by atoms with Crippen LogP contribution in [0.2, 0.25) is 0 Å². The Bertz CT molecular complexity index is 2020. The van der Waals surface area contributed by atoms with Crippen molar-refractivity contribution in [3.05, 3.63) is 164 Å². The third-order valence-corrected chi connectivity index (χ3v) is 12.6. The average molecular weight is 556 g/mol. The lowest BCUT2D eigenvalue weighted by Crippen LogP contribution is -2.38. The minimum atomic E-state index is -2.21. The molecule has 0 spiro atoms. The molecule has 198 valence electrons. The fraction of sp³-hybridized carbons (Fsp3) is 0. The first kappa shape index (κ1) is 24.7. The number of H-pyrrole nitrogens is 1. The molecule has 0 aliphatic carbocycles. The van der Waals surface area contributed by atoms with Crippen molar-refractivity contribution in [3.8, 4) is 11.4 Å². The second kappa shape index (κ2) is 10.1. The van der Waals surface area contributed by atoms with E-state index in [2.05, 4.69) is 169 Å². The van der Waals surface area contributed by atoms with Crippen LogP contribution >= 0.6 is 7.26 Å². The fourth-order valence-electron chi connectivity index (χ4n) is 6.47. The van der Waals surface area contributed by atoms with Crippen LogP contribution in [0.1, 0.15) is 0 Å².